The number of ether oxygens (including phenoxy) is 1. The molecule has 0 fully saturated rings. The first-order chi connectivity index (χ1) is 7.69. The molecular weight excluding hydrogens is 224 g/mol. The summed E-state index contributed by atoms with van der Waals surface area (Å²) < 4.78 is 5.31. The Morgan fingerprint density at radius 3 is 2.81 bits per heavy atom. The number of hydrogen-bond acceptors (Lipinski definition) is 3. The van der Waals surface area contributed by atoms with E-state index in [1.54, 1.807) is 7.11 Å². The number of nitrogens with two attached hydrogens (primary N) is 1. The number of aryl methyl sites for hydroxylation is 1. The lowest BCUT2D eigenvalue weighted by atomic mass is 10.1. The van der Waals surface area contributed by atoms with Crippen LogP contribution >= 0.6 is 11.6 Å². The van der Waals surface area contributed by atoms with Crippen molar-refractivity contribution in [2.24, 2.45) is 5.73 Å². The Kier molecular flexibility index (Phi) is 5.60. The molecule has 3 N–H and O–H groups in total. The SMILES string of the molecule is COc1cc(C)c(Cl)cc1CNCCCN. The minimum absolute atomic E-state index is 0.707. The number of benzene rings is 1. The predicted octanol–water partition coefficient (Wildman–Crippen LogP) is 2.10. The van der Waals surface area contributed by atoms with Crippen LogP contribution < -0.4 is 15.8 Å². The van der Waals surface area contributed by atoms with Crippen LogP contribution in [-0.4, -0.2) is 20.2 Å². The lowest BCUT2D eigenvalue weighted by Gasteiger charge is -2.11. The van der Waals surface area contributed by atoms with Gasteiger partial charge in [0, 0.05) is 17.1 Å². The first-order valence-electron chi connectivity index (χ1n) is 5.42. The maximum absolute atomic E-state index is 6.08. The van der Waals surface area contributed by atoms with E-state index in [1.807, 2.05) is 19.1 Å². The monoisotopic (exact) mass is 242 g/mol. The zero-order valence-electron chi connectivity index (χ0n) is 9.85. The van der Waals surface area contributed by atoms with Gasteiger partial charge in [-0.05, 0) is 44.1 Å². The van der Waals surface area contributed by atoms with Crippen LogP contribution in [0.15, 0.2) is 12.1 Å². The van der Waals surface area contributed by atoms with Crippen LogP contribution in [0.2, 0.25) is 5.02 Å². The van der Waals surface area contributed by atoms with E-state index in [4.69, 9.17) is 22.1 Å². The van der Waals surface area contributed by atoms with Crippen molar-refractivity contribution in [3.63, 3.8) is 0 Å². The Morgan fingerprint density at radius 1 is 1.44 bits per heavy atom. The highest BCUT2D eigenvalue weighted by Gasteiger charge is 2.06. The van der Waals surface area contributed by atoms with Crippen molar-refractivity contribution in [3.05, 3.63) is 28.3 Å². The van der Waals surface area contributed by atoms with Gasteiger partial charge in [0.1, 0.15) is 5.75 Å². The van der Waals surface area contributed by atoms with Gasteiger partial charge in [0.2, 0.25) is 0 Å². The average Bonchev–Trinajstić information content (AvgIpc) is 2.28. The molecule has 1 aromatic rings. The molecule has 1 rings (SSSR count). The molecule has 0 amide bonds. The summed E-state index contributed by atoms with van der Waals surface area (Å²) in [6, 6.07) is 3.91. The molecule has 4 heteroatoms. The smallest absolute Gasteiger partial charge is 0.123 e. The van der Waals surface area contributed by atoms with Crippen molar-refractivity contribution in [2.45, 2.75) is 19.9 Å². The Labute approximate surface area is 102 Å². The van der Waals surface area contributed by atoms with E-state index in [0.717, 1.165) is 41.4 Å². The third kappa shape index (κ3) is 3.67. The van der Waals surface area contributed by atoms with E-state index in [1.165, 1.54) is 0 Å². The summed E-state index contributed by atoms with van der Waals surface area (Å²) >= 11 is 6.08. The fourth-order valence-electron chi connectivity index (χ4n) is 1.47. The molecule has 0 aliphatic rings. The van der Waals surface area contributed by atoms with E-state index in [0.29, 0.717) is 6.54 Å². The third-order valence-electron chi connectivity index (χ3n) is 2.43. The predicted molar refractivity (Wildman–Crippen MR) is 68.1 cm³/mol. The van der Waals surface area contributed by atoms with Gasteiger partial charge in [0.05, 0.1) is 7.11 Å². The van der Waals surface area contributed by atoms with Gasteiger partial charge in [0.15, 0.2) is 0 Å². The van der Waals surface area contributed by atoms with Crippen molar-refractivity contribution in [2.75, 3.05) is 20.2 Å². The molecule has 90 valence electrons. The van der Waals surface area contributed by atoms with Crippen molar-refractivity contribution in [1.29, 1.82) is 0 Å². The molecule has 0 bridgehead atoms. The topological polar surface area (TPSA) is 47.3 Å². The van der Waals surface area contributed by atoms with Crippen LogP contribution in [0, 0.1) is 6.92 Å². The lowest BCUT2D eigenvalue weighted by Crippen LogP contribution is -2.18. The Morgan fingerprint density at radius 2 is 2.19 bits per heavy atom. The van der Waals surface area contributed by atoms with Crippen molar-refractivity contribution < 1.29 is 4.74 Å². The van der Waals surface area contributed by atoms with Crippen LogP contribution in [-0.2, 0) is 6.54 Å². The van der Waals surface area contributed by atoms with Crippen molar-refractivity contribution in [3.8, 4) is 5.75 Å². The van der Waals surface area contributed by atoms with Crippen LogP contribution in [0.3, 0.4) is 0 Å². The zero-order valence-corrected chi connectivity index (χ0v) is 10.6. The van der Waals surface area contributed by atoms with E-state index in [-0.39, 0.29) is 0 Å². The Bertz CT molecular complexity index is 342. The van der Waals surface area contributed by atoms with Gasteiger partial charge in [-0.25, -0.2) is 0 Å². The summed E-state index contributed by atoms with van der Waals surface area (Å²) in [6.45, 7) is 4.34. The van der Waals surface area contributed by atoms with Gasteiger partial charge in [-0.2, -0.15) is 0 Å². The molecule has 0 atom stereocenters. The van der Waals surface area contributed by atoms with E-state index >= 15 is 0 Å². The molecule has 0 saturated heterocycles. The summed E-state index contributed by atoms with van der Waals surface area (Å²) in [7, 11) is 1.67. The van der Waals surface area contributed by atoms with Crippen LogP contribution in [0.4, 0.5) is 0 Å². The van der Waals surface area contributed by atoms with Gasteiger partial charge in [-0.3, -0.25) is 0 Å². The van der Waals surface area contributed by atoms with Gasteiger partial charge in [-0.1, -0.05) is 11.6 Å². The molecule has 0 aliphatic carbocycles. The van der Waals surface area contributed by atoms with Gasteiger partial charge in [-0.15, -0.1) is 0 Å². The number of nitrogens with one attached hydrogen (secondary N) is 1. The van der Waals surface area contributed by atoms with Gasteiger partial charge in [0.25, 0.3) is 0 Å². The summed E-state index contributed by atoms with van der Waals surface area (Å²) in [5.41, 5.74) is 7.53. The van der Waals surface area contributed by atoms with Crippen molar-refractivity contribution in [1.82, 2.24) is 5.32 Å². The van der Waals surface area contributed by atoms with E-state index in [2.05, 4.69) is 5.32 Å². The number of methoxy groups -OCH3 is 1. The Hall–Kier alpha value is -0.770. The molecule has 16 heavy (non-hydrogen) atoms. The molecule has 0 radical (unpaired) electrons. The summed E-state index contributed by atoms with van der Waals surface area (Å²) in [4.78, 5) is 0. The van der Waals surface area contributed by atoms with E-state index < -0.39 is 0 Å². The molecular formula is C12H19ClN2O. The normalized spacial score (nSPS) is 10.5. The number of halogens is 1. The first-order valence-corrected chi connectivity index (χ1v) is 5.80. The quantitative estimate of drug-likeness (QED) is 0.751. The lowest BCUT2D eigenvalue weighted by molar-refractivity contribution is 0.407. The standard InChI is InChI=1S/C12H19ClN2O/c1-9-6-12(16-2)10(7-11(9)13)8-15-5-3-4-14/h6-7,15H,3-5,8,14H2,1-2H3. The first kappa shape index (κ1) is 13.3. The largest absolute Gasteiger partial charge is 0.496 e. The second-order valence-electron chi connectivity index (χ2n) is 3.73. The number of hydrogen-bond donors (Lipinski definition) is 2. The third-order valence-corrected chi connectivity index (χ3v) is 2.84. The zero-order chi connectivity index (χ0) is 12.0. The average molecular weight is 243 g/mol. The van der Waals surface area contributed by atoms with E-state index in [9.17, 15) is 0 Å². The minimum atomic E-state index is 0.707. The van der Waals surface area contributed by atoms with Gasteiger partial charge >= 0.3 is 0 Å². The molecule has 0 heterocycles. The second-order valence-corrected chi connectivity index (χ2v) is 4.14. The minimum Gasteiger partial charge on any atom is -0.496 e. The molecule has 1 aromatic carbocycles. The molecule has 0 aromatic heterocycles. The van der Waals surface area contributed by atoms with Crippen LogP contribution in [0.5, 0.6) is 5.75 Å². The maximum atomic E-state index is 6.08. The highest BCUT2D eigenvalue weighted by molar-refractivity contribution is 6.31. The fourth-order valence-corrected chi connectivity index (χ4v) is 1.66. The molecule has 0 aliphatic heterocycles. The maximum Gasteiger partial charge on any atom is 0.123 e. The van der Waals surface area contributed by atoms with Gasteiger partial charge < -0.3 is 15.8 Å². The highest BCUT2D eigenvalue weighted by Crippen LogP contribution is 2.26. The summed E-state index contributed by atoms with van der Waals surface area (Å²) in [5, 5.41) is 4.08. The van der Waals surface area contributed by atoms with Crippen LogP contribution in [0.25, 0.3) is 0 Å². The second kappa shape index (κ2) is 6.74. The summed E-state index contributed by atoms with van der Waals surface area (Å²) in [5.74, 6) is 0.877. The number of rotatable bonds is 6. The Balaban J connectivity index is 2.66. The molecule has 0 unspecified atom stereocenters. The summed E-state index contributed by atoms with van der Waals surface area (Å²) in [6.07, 6.45) is 0.974. The fraction of sp³-hybridized carbons (Fsp3) is 0.500. The molecule has 0 saturated carbocycles. The van der Waals surface area contributed by atoms with Crippen molar-refractivity contribution >= 4 is 11.6 Å². The molecule has 3 nitrogen and oxygen atoms in total. The highest BCUT2D eigenvalue weighted by atomic mass is 35.5. The molecule has 0 spiro atoms. The van der Waals surface area contributed by atoms with Crippen LogP contribution in [0.1, 0.15) is 17.5 Å².